The van der Waals surface area contributed by atoms with Gasteiger partial charge in [0.05, 0.1) is 6.61 Å². The van der Waals surface area contributed by atoms with E-state index in [1.54, 1.807) is 33.8 Å². The van der Waals surface area contributed by atoms with E-state index in [0.717, 1.165) is 0 Å². The first-order chi connectivity index (χ1) is 9.25. The SMILES string of the molecule is CCOC(=O)C(C(=O)Nc1cccc(F)c1)C(C)(C)C. The molecule has 5 heteroatoms. The number of ether oxygens (including phenoxy) is 1. The van der Waals surface area contributed by atoms with Gasteiger partial charge in [-0.05, 0) is 30.5 Å². The molecule has 0 aliphatic rings. The number of anilines is 1. The highest BCUT2D eigenvalue weighted by Crippen LogP contribution is 2.28. The molecule has 1 unspecified atom stereocenters. The summed E-state index contributed by atoms with van der Waals surface area (Å²) in [6.45, 7) is 7.22. The van der Waals surface area contributed by atoms with Crippen LogP contribution in [0.4, 0.5) is 10.1 Å². The van der Waals surface area contributed by atoms with Gasteiger partial charge >= 0.3 is 5.97 Å². The average molecular weight is 281 g/mol. The summed E-state index contributed by atoms with van der Waals surface area (Å²) in [7, 11) is 0. The molecule has 1 atom stereocenters. The summed E-state index contributed by atoms with van der Waals surface area (Å²) < 4.78 is 18.0. The maximum absolute atomic E-state index is 13.1. The minimum Gasteiger partial charge on any atom is -0.465 e. The molecule has 0 aliphatic heterocycles. The summed E-state index contributed by atoms with van der Waals surface area (Å²) >= 11 is 0. The van der Waals surface area contributed by atoms with Crippen molar-refractivity contribution in [3.63, 3.8) is 0 Å². The highest BCUT2D eigenvalue weighted by Gasteiger charge is 2.38. The lowest BCUT2D eigenvalue weighted by atomic mass is 9.80. The fourth-order valence-corrected chi connectivity index (χ4v) is 1.86. The van der Waals surface area contributed by atoms with Gasteiger partial charge in [-0.2, -0.15) is 0 Å². The van der Waals surface area contributed by atoms with Crippen molar-refractivity contribution in [3.05, 3.63) is 30.1 Å². The number of amides is 1. The van der Waals surface area contributed by atoms with E-state index in [2.05, 4.69) is 5.32 Å². The van der Waals surface area contributed by atoms with Gasteiger partial charge in [0.1, 0.15) is 11.7 Å². The maximum Gasteiger partial charge on any atom is 0.319 e. The van der Waals surface area contributed by atoms with Crippen LogP contribution in [-0.4, -0.2) is 18.5 Å². The predicted molar refractivity (Wildman–Crippen MR) is 74.6 cm³/mol. The molecule has 0 saturated heterocycles. The highest BCUT2D eigenvalue weighted by atomic mass is 19.1. The quantitative estimate of drug-likeness (QED) is 0.682. The van der Waals surface area contributed by atoms with Gasteiger partial charge in [0.15, 0.2) is 0 Å². The van der Waals surface area contributed by atoms with Crippen LogP contribution in [0, 0.1) is 17.2 Å². The van der Waals surface area contributed by atoms with Crippen molar-refractivity contribution in [1.82, 2.24) is 0 Å². The van der Waals surface area contributed by atoms with Gasteiger partial charge in [-0.15, -0.1) is 0 Å². The number of halogens is 1. The Labute approximate surface area is 118 Å². The molecule has 20 heavy (non-hydrogen) atoms. The number of benzene rings is 1. The van der Waals surface area contributed by atoms with Gasteiger partial charge in [0, 0.05) is 5.69 Å². The minimum absolute atomic E-state index is 0.207. The van der Waals surface area contributed by atoms with Crippen LogP contribution in [0.25, 0.3) is 0 Å². The standard InChI is InChI=1S/C15H20FNO3/c1-5-20-14(19)12(15(2,3)4)13(18)17-11-8-6-7-10(16)9-11/h6-9,12H,5H2,1-4H3,(H,17,18). The first kappa shape index (κ1) is 16.1. The monoisotopic (exact) mass is 281 g/mol. The van der Waals surface area contributed by atoms with Crippen LogP contribution in [0.1, 0.15) is 27.7 Å². The summed E-state index contributed by atoms with van der Waals surface area (Å²) in [5, 5.41) is 2.55. The number of hydrogen-bond acceptors (Lipinski definition) is 3. The summed E-state index contributed by atoms with van der Waals surface area (Å²) in [5.41, 5.74) is -0.280. The topological polar surface area (TPSA) is 55.4 Å². The summed E-state index contributed by atoms with van der Waals surface area (Å²) in [5.74, 6) is -2.48. The lowest BCUT2D eigenvalue weighted by molar-refractivity contribution is -0.155. The van der Waals surface area contributed by atoms with Crippen LogP contribution in [-0.2, 0) is 14.3 Å². The molecule has 0 radical (unpaired) electrons. The molecule has 1 aromatic rings. The second kappa shape index (κ2) is 6.50. The third-order valence-corrected chi connectivity index (χ3v) is 2.74. The lowest BCUT2D eigenvalue weighted by Crippen LogP contribution is -2.40. The number of carbonyl (C=O) groups excluding carboxylic acids is 2. The average Bonchev–Trinajstić information content (AvgIpc) is 2.26. The van der Waals surface area contributed by atoms with Crippen molar-refractivity contribution in [3.8, 4) is 0 Å². The molecule has 1 N–H and O–H groups in total. The Morgan fingerprint density at radius 3 is 2.50 bits per heavy atom. The predicted octanol–water partition coefficient (Wildman–Crippen LogP) is 2.99. The fourth-order valence-electron chi connectivity index (χ4n) is 1.86. The molecule has 0 bridgehead atoms. The van der Waals surface area contributed by atoms with Gasteiger partial charge in [0.2, 0.25) is 5.91 Å². The Kier molecular flexibility index (Phi) is 5.25. The third-order valence-electron chi connectivity index (χ3n) is 2.74. The minimum atomic E-state index is -0.953. The van der Waals surface area contributed by atoms with Crippen LogP contribution in [0.5, 0.6) is 0 Å². The normalized spacial score (nSPS) is 12.7. The molecule has 1 amide bonds. The molecule has 1 aromatic carbocycles. The maximum atomic E-state index is 13.1. The van der Waals surface area contributed by atoms with E-state index in [9.17, 15) is 14.0 Å². The molecular weight excluding hydrogens is 261 g/mol. The smallest absolute Gasteiger partial charge is 0.319 e. The zero-order valence-electron chi connectivity index (χ0n) is 12.2. The summed E-state index contributed by atoms with van der Waals surface area (Å²) in [6.07, 6.45) is 0. The van der Waals surface area contributed by atoms with E-state index in [1.165, 1.54) is 18.2 Å². The van der Waals surface area contributed by atoms with Gasteiger partial charge < -0.3 is 10.1 Å². The molecule has 0 spiro atoms. The number of nitrogens with one attached hydrogen (secondary N) is 1. The van der Waals surface area contributed by atoms with Crippen LogP contribution >= 0.6 is 0 Å². The summed E-state index contributed by atoms with van der Waals surface area (Å²) in [6, 6.07) is 5.53. The zero-order chi connectivity index (χ0) is 15.3. The molecule has 1 rings (SSSR count). The second-order valence-electron chi connectivity index (χ2n) is 5.55. The van der Waals surface area contributed by atoms with Crippen molar-refractivity contribution in [1.29, 1.82) is 0 Å². The molecule has 0 fully saturated rings. The first-order valence-corrected chi connectivity index (χ1v) is 6.48. The molecular formula is C15H20FNO3. The number of rotatable bonds is 4. The van der Waals surface area contributed by atoms with Crippen molar-refractivity contribution in [2.24, 2.45) is 11.3 Å². The lowest BCUT2D eigenvalue weighted by Gasteiger charge is -2.27. The van der Waals surface area contributed by atoms with E-state index in [0.29, 0.717) is 5.69 Å². The number of hydrogen-bond donors (Lipinski definition) is 1. The Balaban J connectivity index is 2.92. The largest absolute Gasteiger partial charge is 0.465 e. The van der Waals surface area contributed by atoms with E-state index in [4.69, 9.17) is 4.74 Å². The van der Waals surface area contributed by atoms with Crippen molar-refractivity contribution >= 4 is 17.6 Å². The molecule has 0 aromatic heterocycles. The highest BCUT2D eigenvalue weighted by molar-refractivity contribution is 6.05. The third kappa shape index (κ3) is 4.33. The van der Waals surface area contributed by atoms with E-state index in [1.807, 2.05) is 0 Å². The molecule has 0 saturated carbocycles. The van der Waals surface area contributed by atoms with Gasteiger partial charge in [0.25, 0.3) is 0 Å². The zero-order valence-corrected chi connectivity index (χ0v) is 12.2. The van der Waals surface area contributed by atoms with Crippen molar-refractivity contribution in [2.75, 3.05) is 11.9 Å². The summed E-state index contributed by atoms with van der Waals surface area (Å²) in [4.78, 5) is 24.2. The first-order valence-electron chi connectivity index (χ1n) is 6.48. The second-order valence-corrected chi connectivity index (χ2v) is 5.55. The Bertz CT molecular complexity index is 494. The van der Waals surface area contributed by atoms with Gasteiger partial charge in [-0.1, -0.05) is 26.8 Å². The van der Waals surface area contributed by atoms with E-state index < -0.39 is 29.0 Å². The Morgan fingerprint density at radius 2 is 2.00 bits per heavy atom. The van der Waals surface area contributed by atoms with Crippen LogP contribution in [0.2, 0.25) is 0 Å². The number of esters is 1. The van der Waals surface area contributed by atoms with Gasteiger partial charge in [-0.25, -0.2) is 4.39 Å². The molecule has 110 valence electrons. The Morgan fingerprint density at radius 1 is 1.35 bits per heavy atom. The van der Waals surface area contributed by atoms with Crippen LogP contribution < -0.4 is 5.32 Å². The van der Waals surface area contributed by atoms with Crippen LogP contribution in [0.3, 0.4) is 0 Å². The molecule has 0 heterocycles. The van der Waals surface area contributed by atoms with Gasteiger partial charge in [-0.3, -0.25) is 9.59 Å². The molecule has 0 aliphatic carbocycles. The van der Waals surface area contributed by atoms with Crippen molar-refractivity contribution < 1.29 is 18.7 Å². The van der Waals surface area contributed by atoms with E-state index in [-0.39, 0.29) is 6.61 Å². The fraction of sp³-hybridized carbons (Fsp3) is 0.467. The van der Waals surface area contributed by atoms with E-state index >= 15 is 0 Å². The number of carbonyl (C=O) groups is 2. The van der Waals surface area contributed by atoms with Crippen LogP contribution in [0.15, 0.2) is 24.3 Å². The molecule has 4 nitrogen and oxygen atoms in total. The Hall–Kier alpha value is -1.91. The van der Waals surface area contributed by atoms with Crippen molar-refractivity contribution in [2.45, 2.75) is 27.7 Å².